The summed E-state index contributed by atoms with van der Waals surface area (Å²) < 4.78 is 0. The molecule has 1 fully saturated rings. The molecular formula is C18H29N3O. The van der Waals surface area contributed by atoms with Gasteiger partial charge in [-0.25, -0.2) is 0 Å². The van der Waals surface area contributed by atoms with Crippen LogP contribution in [-0.2, 0) is 17.6 Å². The maximum Gasteiger partial charge on any atom is 0.224 e. The monoisotopic (exact) mass is 303 g/mol. The summed E-state index contributed by atoms with van der Waals surface area (Å²) >= 11 is 0. The Morgan fingerprint density at radius 1 is 1.09 bits per heavy atom. The summed E-state index contributed by atoms with van der Waals surface area (Å²) in [5.41, 5.74) is 3.91. The first-order chi connectivity index (χ1) is 10.7. The molecule has 4 heteroatoms. The van der Waals surface area contributed by atoms with Crippen molar-refractivity contribution in [1.82, 2.24) is 9.80 Å². The smallest absolute Gasteiger partial charge is 0.224 e. The van der Waals surface area contributed by atoms with E-state index in [9.17, 15) is 4.79 Å². The number of amides is 1. The van der Waals surface area contributed by atoms with E-state index in [2.05, 4.69) is 49.3 Å². The van der Waals surface area contributed by atoms with Crippen molar-refractivity contribution in [3.63, 3.8) is 0 Å². The van der Waals surface area contributed by atoms with E-state index in [1.54, 1.807) is 0 Å². The maximum absolute atomic E-state index is 12.3. The Bertz CT molecular complexity index is 471. The Morgan fingerprint density at radius 2 is 1.68 bits per heavy atom. The highest BCUT2D eigenvalue weighted by atomic mass is 16.2. The van der Waals surface area contributed by atoms with Gasteiger partial charge in [0.05, 0.1) is 0 Å². The average Bonchev–Trinajstić information content (AvgIpc) is 2.55. The Morgan fingerprint density at radius 3 is 2.23 bits per heavy atom. The van der Waals surface area contributed by atoms with Crippen LogP contribution in [0.2, 0.25) is 0 Å². The lowest BCUT2D eigenvalue weighted by Gasteiger charge is -2.32. The first-order valence-corrected chi connectivity index (χ1v) is 8.46. The average molecular weight is 303 g/mol. The van der Waals surface area contributed by atoms with Crippen molar-refractivity contribution < 1.29 is 4.79 Å². The minimum atomic E-state index is 0.271. The van der Waals surface area contributed by atoms with Gasteiger partial charge in [0.2, 0.25) is 5.91 Å². The van der Waals surface area contributed by atoms with Gasteiger partial charge in [0.25, 0.3) is 0 Å². The molecule has 0 aliphatic carbocycles. The fraction of sp³-hybridized carbons (Fsp3) is 0.611. The zero-order valence-corrected chi connectivity index (χ0v) is 14.2. The van der Waals surface area contributed by atoms with Crippen LogP contribution >= 0.6 is 0 Å². The SMILES string of the molecule is CCc1cccc(CC)c1NCCC(=O)N1CCN(C)CC1. The Balaban J connectivity index is 1.87. The van der Waals surface area contributed by atoms with E-state index in [0.29, 0.717) is 6.42 Å². The third-order valence-corrected chi connectivity index (χ3v) is 4.50. The number of likely N-dealkylation sites (N-methyl/N-ethyl adjacent to an activating group) is 1. The lowest BCUT2D eigenvalue weighted by atomic mass is 10.0. The first-order valence-electron chi connectivity index (χ1n) is 8.46. The van der Waals surface area contributed by atoms with Crippen molar-refractivity contribution in [3.05, 3.63) is 29.3 Å². The Labute approximate surface area is 134 Å². The van der Waals surface area contributed by atoms with Crippen molar-refractivity contribution in [2.24, 2.45) is 0 Å². The summed E-state index contributed by atoms with van der Waals surface area (Å²) in [7, 11) is 2.11. The molecule has 1 amide bonds. The van der Waals surface area contributed by atoms with E-state index in [4.69, 9.17) is 0 Å². The van der Waals surface area contributed by atoms with E-state index in [-0.39, 0.29) is 5.91 Å². The molecule has 1 aliphatic rings. The minimum Gasteiger partial charge on any atom is -0.384 e. The van der Waals surface area contributed by atoms with Crippen LogP contribution in [0.25, 0.3) is 0 Å². The summed E-state index contributed by atoms with van der Waals surface area (Å²) in [4.78, 5) is 16.5. The van der Waals surface area contributed by atoms with Gasteiger partial charge in [0, 0.05) is 44.8 Å². The van der Waals surface area contributed by atoms with Gasteiger partial charge >= 0.3 is 0 Å². The van der Waals surface area contributed by atoms with Crippen molar-refractivity contribution in [2.75, 3.05) is 45.1 Å². The summed E-state index contributed by atoms with van der Waals surface area (Å²) in [5.74, 6) is 0.271. The topological polar surface area (TPSA) is 35.6 Å². The minimum absolute atomic E-state index is 0.271. The second kappa shape index (κ2) is 8.18. The molecule has 0 saturated carbocycles. The standard InChI is InChI=1S/C18H29N3O/c1-4-15-7-6-8-16(5-2)18(15)19-10-9-17(22)21-13-11-20(3)12-14-21/h6-8,19H,4-5,9-14H2,1-3H3. The number of hydrogen-bond donors (Lipinski definition) is 1. The van der Waals surface area contributed by atoms with Gasteiger partial charge in [-0.1, -0.05) is 32.0 Å². The number of benzene rings is 1. The van der Waals surface area contributed by atoms with Crippen LogP contribution in [0.4, 0.5) is 5.69 Å². The number of carbonyl (C=O) groups excluding carboxylic acids is 1. The highest BCUT2D eigenvalue weighted by Gasteiger charge is 2.18. The van der Waals surface area contributed by atoms with E-state index in [1.165, 1.54) is 16.8 Å². The third-order valence-electron chi connectivity index (χ3n) is 4.50. The summed E-state index contributed by atoms with van der Waals surface area (Å²) in [6.07, 6.45) is 2.61. The molecule has 1 aromatic rings. The van der Waals surface area contributed by atoms with Crippen molar-refractivity contribution in [3.8, 4) is 0 Å². The van der Waals surface area contributed by atoms with Gasteiger partial charge in [0.1, 0.15) is 0 Å². The fourth-order valence-corrected chi connectivity index (χ4v) is 2.98. The quantitative estimate of drug-likeness (QED) is 0.876. The van der Waals surface area contributed by atoms with Gasteiger partial charge in [0.15, 0.2) is 0 Å². The van der Waals surface area contributed by atoms with Crippen LogP contribution in [0.1, 0.15) is 31.4 Å². The molecule has 0 atom stereocenters. The number of carbonyl (C=O) groups is 1. The molecule has 0 unspecified atom stereocenters. The molecule has 122 valence electrons. The maximum atomic E-state index is 12.3. The van der Waals surface area contributed by atoms with Gasteiger partial charge in [-0.2, -0.15) is 0 Å². The van der Waals surface area contributed by atoms with Crippen LogP contribution in [0, 0.1) is 0 Å². The number of nitrogens with zero attached hydrogens (tertiary/aromatic N) is 2. The van der Waals surface area contributed by atoms with Crippen molar-refractivity contribution >= 4 is 11.6 Å². The normalized spacial score (nSPS) is 15.9. The molecule has 0 aromatic heterocycles. The zero-order valence-electron chi connectivity index (χ0n) is 14.2. The number of piperazine rings is 1. The van der Waals surface area contributed by atoms with Gasteiger partial charge in [-0.3, -0.25) is 4.79 Å². The zero-order chi connectivity index (χ0) is 15.9. The number of rotatable bonds is 6. The summed E-state index contributed by atoms with van der Waals surface area (Å²) in [6, 6.07) is 6.46. The van der Waals surface area contributed by atoms with Gasteiger partial charge < -0.3 is 15.1 Å². The van der Waals surface area contributed by atoms with Crippen LogP contribution < -0.4 is 5.32 Å². The number of nitrogens with one attached hydrogen (secondary N) is 1. The molecule has 1 aliphatic heterocycles. The van der Waals surface area contributed by atoms with Crippen molar-refractivity contribution in [2.45, 2.75) is 33.1 Å². The predicted octanol–water partition coefficient (Wildman–Crippen LogP) is 2.39. The predicted molar refractivity (Wildman–Crippen MR) is 92.4 cm³/mol. The molecular weight excluding hydrogens is 274 g/mol. The molecule has 0 bridgehead atoms. The molecule has 4 nitrogen and oxygen atoms in total. The number of para-hydroxylation sites is 1. The van der Waals surface area contributed by atoms with E-state index >= 15 is 0 Å². The van der Waals surface area contributed by atoms with E-state index in [1.807, 2.05) is 4.90 Å². The number of anilines is 1. The fourth-order valence-electron chi connectivity index (χ4n) is 2.98. The van der Waals surface area contributed by atoms with Crippen molar-refractivity contribution in [1.29, 1.82) is 0 Å². The molecule has 1 N–H and O–H groups in total. The molecule has 1 aromatic carbocycles. The summed E-state index contributed by atoms with van der Waals surface area (Å²) in [5, 5.41) is 3.50. The highest BCUT2D eigenvalue weighted by Crippen LogP contribution is 2.22. The molecule has 1 heterocycles. The second-order valence-corrected chi connectivity index (χ2v) is 6.02. The lowest BCUT2D eigenvalue weighted by molar-refractivity contribution is -0.132. The number of hydrogen-bond acceptors (Lipinski definition) is 3. The Hall–Kier alpha value is -1.55. The summed E-state index contributed by atoms with van der Waals surface area (Å²) in [6.45, 7) is 8.76. The molecule has 0 spiro atoms. The van der Waals surface area contributed by atoms with E-state index < -0.39 is 0 Å². The van der Waals surface area contributed by atoms with E-state index in [0.717, 1.165) is 45.6 Å². The Kier molecular flexibility index (Phi) is 6.25. The van der Waals surface area contributed by atoms with Crippen LogP contribution in [0.5, 0.6) is 0 Å². The van der Waals surface area contributed by atoms with Crippen LogP contribution in [0.3, 0.4) is 0 Å². The largest absolute Gasteiger partial charge is 0.384 e. The van der Waals surface area contributed by atoms with Gasteiger partial charge in [-0.15, -0.1) is 0 Å². The highest BCUT2D eigenvalue weighted by molar-refractivity contribution is 5.77. The first kappa shape index (κ1) is 16.8. The van der Waals surface area contributed by atoms with Crippen LogP contribution in [-0.4, -0.2) is 55.5 Å². The lowest BCUT2D eigenvalue weighted by Crippen LogP contribution is -2.47. The second-order valence-electron chi connectivity index (χ2n) is 6.02. The number of aryl methyl sites for hydroxylation is 2. The van der Waals surface area contributed by atoms with Gasteiger partial charge in [-0.05, 0) is 31.0 Å². The molecule has 1 saturated heterocycles. The molecule has 0 radical (unpaired) electrons. The molecule has 2 rings (SSSR count). The molecule has 22 heavy (non-hydrogen) atoms. The third kappa shape index (κ3) is 4.23. The van der Waals surface area contributed by atoms with Crippen LogP contribution in [0.15, 0.2) is 18.2 Å².